The van der Waals surface area contributed by atoms with Crippen molar-refractivity contribution < 1.29 is 13.3 Å². The Kier molecular flexibility index (Phi) is 11.2. The van der Waals surface area contributed by atoms with Gasteiger partial charge in [0, 0.05) is 11.1 Å². The Labute approximate surface area is 299 Å². The molecule has 2 aromatic rings. The van der Waals surface area contributed by atoms with Crippen LogP contribution < -0.4 is 8.85 Å². The molecule has 0 radical (unpaired) electrons. The standard InChI is InChI=1S/C44H74O3Si/c1-37(2,3)27-25-29(33(41(13,14)15)35(43(19,20)21)31(27)39(7,8)9)46-48(45)47-30-26-28(38(4,5)6)32(40(10,11)12)36(44(22,23)24)34(30)42(16,17)18/h25-26H,1-24H3. The van der Waals surface area contributed by atoms with Gasteiger partial charge in [0.1, 0.15) is 11.5 Å². The molecule has 4 heteroatoms. The SMILES string of the molecule is CC(C)(C)c1cc(O[Si](=O)Oc2cc(C(C)(C)C)c(C(C)(C)C)c(C(C)(C)C)c2C(C)(C)C)c(C(C)(C)C)c(C(C)(C)C)c1C(C)(C)C. The van der Waals surface area contributed by atoms with Crippen LogP contribution in [0.5, 0.6) is 11.5 Å². The normalized spacial score (nSPS) is 14.3. The third-order valence-electron chi connectivity index (χ3n) is 9.08. The molecule has 0 saturated carbocycles. The average molecular weight is 679 g/mol. The lowest BCUT2D eigenvalue weighted by Gasteiger charge is -2.41. The van der Waals surface area contributed by atoms with Gasteiger partial charge in [-0.3, -0.25) is 4.46 Å². The largest absolute Gasteiger partial charge is 0.778 e. The van der Waals surface area contributed by atoms with E-state index in [4.69, 9.17) is 8.85 Å². The van der Waals surface area contributed by atoms with E-state index >= 15 is 0 Å². The molecular formula is C44H74O3Si. The third-order valence-corrected chi connectivity index (χ3v) is 9.86. The molecule has 0 fully saturated rings. The number of rotatable bonds is 4. The zero-order valence-electron chi connectivity index (χ0n) is 35.9. The monoisotopic (exact) mass is 679 g/mol. The second kappa shape index (κ2) is 12.7. The molecule has 0 aromatic heterocycles. The van der Waals surface area contributed by atoms with E-state index in [9.17, 15) is 4.46 Å². The Bertz CT molecular complexity index is 1400. The summed E-state index contributed by atoms with van der Waals surface area (Å²) in [5, 5.41) is 0. The summed E-state index contributed by atoms with van der Waals surface area (Å²) >= 11 is 0. The highest BCUT2D eigenvalue weighted by molar-refractivity contribution is 6.28. The van der Waals surface area contributed by atoms with Crippen molar-refractivity contribution in [3.63, 3.8) is 0 Å². The fraction of sp³-hybridized carbons (Fsp3) is 0.727. The quantitative estimate of drug-likeness (QED) is 0.302. The van der Waals surface area contributed by atoms with Crippen LogP contribution in [0.4, 0.5) is 0 Å². The van der Waals surface area contributed by atoms with Crippen molar-refractivity contribution in [2.24, 2.45) is 0 Å². The molecule has 0 aliphatic carbocycles. The first-order valence-corrected chi connectivity index (χ1v) is 19.4. The van der Waals surface area contributed by atoms with E-state index in [2.05, 4.69) is 178 Å². The maximum absolute atomic E-state index is 14.5. The van der Waals surface area contributed by atoms with E-state index in [0.29, 0.717) is 11.5 Å². The van der Waals surface area contributed by atoms with Crippen LogP contribution in [-0.4, -0.2) is 9.17 Å². The summed E-state index contributed by atoms with van der Waals surface area (Å²) in [4.78, 5) is 0. The van der Waals surface area contributed by atoms with Crippen LogP contribution in [0.1, 0.15) is 211 Å². The topological polar surface area (TPSA) is 35.5 Å². The molecule has 2 aromatic carbocycles. The first kappa shape index (κ1) is 42.2. The van der Waals surface area contributed by atoms with Crippen molar-refractivity contribution in [1.82, 2.24) is 0 Å². The molecule has 0 heterocycles. The second-order valence-corrected chi connectivity index (χ2v) is 23.5. The van der Waals surface area contributed by atoms with Gasteiger partial charge in [-0.2, -0.15) is 0 Å². The molecule has 272 valence electrons. The highest BCUT2D eigenvalue weighted by atomic mass is 28.3. The van der Waals surface area contributed by atoms with Crippen LogP contribution in [0.2, 0.25) is 0 Å². The minimum atomic E-state index is -3.05. The first-order valence-electron chi connectivity index (χ1n) is 18.2. The Balaban J connectivity index is 3.10. The van der Waals surface area contributed by atoms with Gasteiger partial charge in [0.2, 0.25) is 0 Å². The summed E-state index contributed by atoms with van der Waals surface area (Å²) in [5.74, 6) is 1.34. The molecule has 0 aliphatic heterocycles. The molecule has 3 nitrogen and oxygen atoms in total. The molecule has 0 atom stereocenters. The fourth-order valence-corrected chi connectivity index (χ4v) is 8.13. The van der Waals surface area contributed by atoms with Crippen LogP contribution in [0, 0.1) is 0 Å². The van der Waals surface area contributed by atoms with E-state index in [1.165, 1.54) is 33.4 Å². The van der Waals surface area contributed by atoms with Crippen LogP contribution in [0.3, 0.4) is 0 Å². The lowest BCUT2D eigenvalue weighted by Crippen LogP contribution is -2.34. The van der Waals surface area contributed by atoms with Gasteiger partial charge in [-0.15, -0.1) is 0 Å². The molecule has 0 spiro atoms. The van der Waals surface area contributed by atoms with Crippen LogP contribution in [-0.2, 0) is 47.8 Å². The predicted octanol–water partition coefficient (Wildman–Crippen LogP) is 12.9. The van der Waals surface area contributed by atoms with Crippen molar-refractivity contribution in [2.45, 2.75) is 209 Å². The Morgan fingerprint density at radius 1 is 0.333 bits per heavy atom. The minimum Gasteiger partial charge on any atom is -0.459 e. The van der Waals surface area contributed by atoms with Gasteiger partial charge in [-0.05, 0) is 88.8 Å². The van der Waals surface area contributed by atoms with Gasteiger partial charge in [0.05, 0.1) is 0 Å². The molecular weight excluding hydrogens is 605 g/mol. The summed E-state index contributed by atoms with van der Waals surface area (Å²) < 4.78 is 27.8. The summed E-state index contributed by atoms with van der Waals surface area (Å²) in [6, 6.07) is 4.35. The van der Waals surface area contributed by atoms with Gasteiger partial charge >= 0.3 is 9.17 Å². The van der Waals surface area contributed by atoms with Gasteiger partial charge in [-0.1, -0.05) is 166 Å². The van der Waals surface area contributed by atoms with Crippen molar-refractivity contribution in [1.29, 1.82) is 0 Å². The summed E-state index contributed by atoms with van der Waals surface area (Å²) in [6.07, 6.45) is 0. The number of benzene rings is 2. The van der Waals surface area contributed by atoms with Crippen molar-refractivity contribution in [3.05, 3.63) is 56.6 Å². The molecule has 2 rings (SSSR count). The molecule has 0 saturated heterocycles. The highest BCUT2D eigenvalue weighted by Crippen LogP contribution is 2.51. The molecule has 48 heavy (non-hydrogen) atoms. The fourth-order valence-electron chi connectivity index (χ4n) is 7.41. The van der Waals surface area contributed by atoms with Gasteiger partial charge < -0.3 is 8.85 Å². The van der Waals surface area contributed by atoms with Crippen molar-refractivity contribution in [2.75, 3.05) is 0 Å². The van der Waals surface area contributed by atoms with Crippen molar-refractivity contribution in [3.8, 4) is 11.5 Å². The zero-order valence-corrected chi connectivity index (χ0v) is 36.9. The predicted molar refractivity (Wildman–Crippen MR) is 210 cm³/mol. The molecule has 0 aliphatic rings. The summed E-state index contributed by atoms with van der Waals surface area (Å²) in [7, 11) is -3.05. The number of hydrogen-bond acceptors (Lipinski definition) is 3. The lowest BCUT2D eigenvalue weighted by molar-refractivity contribution is 0.332. The van der Waals surface area contributed by atoms with Crippen molar-refractivity contribution >= 4 is 9.17 Å². The van der Waals surface area contributed by atoms with Crippen LogP contribution in [0.15, 0.2) is 12.1 Å². The molecule has 0 N–H and O–H groups in total. The van der Waals surface area contributed by atoms with Gasteiger partial charge in [-0.25, -0.2) is 0 Å². The smallest absolute Gasteiger partial charge is 0.459 e. The summed E-state index contributed by atoms with van der Waals surface area (Å²) in [5.41, 5.74) is 8.58. The van der Waals surface area contributed by atoms with E-state index in [1.54, 1.807) is 0 Å². The third kappa shape index (κ3) is 9.23. The highest BCUT2D eigenvalue weighted by Gasteiger charge is 2.41. The zero-order chi connectivity index (χ0) is 38.2. The molecule has 0 amide bonds. The van der Waals surface area contributed by atoms with Gasteiger partial charge in [0.25, 0.3) is 0 Å². The average Bonchev–Trinajstić information content (AvgIpc) is 2.77. The van der Waals surface area contributed by atoms with E-state index in [-0.39, 0.29) is 43.3 Å². The first-order chi connectivity index (χ1) is 20.8. The molecule has 0 unspecified atom stereocenters. The van der Waals surface area contributed by atoms with Crippen LogP contribution in [0.25, 0.3) is 0 Å². The van der Waals surface area contributed by atoms with Crippen LogP contribution >= 0.6 is 0 Å². The number of hydrogen-bond donors (Lipinski definition) is 0. The lowest BCUT2D eigenvalue weighted by atomic mass is 9.64. The minimum absolute atomic E-state index is 0.103. The Morgan fingerprint density at radius 3 is 0.708 bits per heavy atom. The maximum atomic E-state index is 14.5. The summed E-state index contributed by atoms with van der Waals surface area (Å²) in [6.45, 7) is 54.6. The Hall–Kier alpha value is -1.94. The second-order valence-electron chi connectivity index (χ2n) is 22.5. The molecule has 0 bridgehead atoms. The van der Waals surface area contributed by atoms with E-state index in [0.717, 1.165) is 11.1 Å². The maximum Gasteiger partial charge on any atom is 0.778 e. The Morgan fingerprint density at radius 2 is 0.542 bits per heavy atom. The van der Waals surface area contributed by atoms with E-state index < -0.39 is 9.17 Å². The van der Waals surface area contributed by atoms with E-state index in [1.807, 2.05) is 0 Å². The van der Waals surface area contributed by atoms with Gasteiger partial charge in [0.15, 0.2) is 0 Å².